The lowest BCUT2D eigenvalue weighted by Gasteiger charge is -2.17. The molecular formula is C15H17ClN2. The predicted molar refractivity (Wildman–Crippen MR) is 74.8 cm³/mol. The average Bonchev–Trinajstić information content (AvgIpc) is 2.67. The first-order valence-corrected chi connectivity index (χ1v) is 6.84. The summed E-state index contributed by atoms with van der Waals surface area (Å²) in [5.41, 5.74) is 3.66. The quantitative estimate of drug-likeness (QED) is 0.761. The highest BCUT2D eigenvalue weighted by atomic mass is 35.5. The number of nitrogens with zero attached hydrogens (tertiary/aromatic N) is 2. The van der Waals surface area contributed by atoms with Gasteiger partial charge in [0.05, 0.1) is 10.7 Å². The Kier molecular flexibility index (Phi) is 2.90. The molecule has 1 atom stereocenters. The van der Waals surface area contributed by atoms with Gasteiger partial charge in [-0.2, -0.15) is 0 Å². The highest BCUT2D eigenvalue weighted by Crippen LogP contribution is 2.32. The number of hydrogen-bond acceptors (Lipinski definition) is 1. The van der Waals surface area contributed by atoms with Gasteiger partial charge in [0, 0.05) is 18.3 Å². The number of halogens is 1. The molecule has 0 bridgehead atoms. The molecule has 2 nitrogen and oxygen atoms in total. The summed E-state index contributed by atoms with van der Waals surface area (Å²) in [4.78, 5) is 4.81. The maximum Gasteiger partial charge on any atom is 0.141 e. The summed E-state index contributed by atoms with van der Waals surface area (Å²) in [6, 6.07) is 7.93. The van der Waals surface area contributed by atoms with Gasteiger partial charge < -0.3 is 4.57 Å². The van der Waals surface area contributed by atoms with Crippen molar-refractivity contribution in [3.63, 3.8) is 0 Å². The van der Waals surface area contributed by atoms with Crippen LogP contribution in [-0.4, -0.2) is 9.55 Å². The average molecular weight is 261 g/mol. The van der Waals surface area contributed by atoms with Crippen LogP contribution in [0.15, 0.2) is 24.3 Å². The Hall–Kier alpha value is -1.28. The van der Waals surface area contributed by atoms with E-state index in [-0.39, 0.29) is 0 Å². The minimum absolute atomic E-state index is 0.742. The second kappa shape index (κ2) is 4.43. The summed E-state index contributed by atoms with van der Waals surface area (Å²) in [5, 5.41) is 0.774. The molecule has 0 saturated heterocycles. The summed E-state index contributed by atoms with van der Waals surface area (Å²) in [5.74, 6) is 1.74. The lowest BCUT2D eigenvalue weighted by molar-refractivity contribution is 0.485. The Morgan fingerprint density at radius 2 is 2.11 bits per heavy atom. The number of fused-ring (bicyclic) bond motifs is 1. The highest BCUT2D eigenvalue weighted by Gasteiger charge is 2.22. The highest BCUT2D eigenvalue weighted by molar-refractivity contribution is 6.33. The minimum Gasteiger partial charge on any atom is -0.331 e. The fourth-order valence-corrected chi connectivity index (χ4v) is 2.98. The van der Waals surface area contributed by atoms with Crippen LogP contribution in [0.25, 0.3) is 11.4 Å². The largest absolute Gasteiger partial charge is 0.331 e. The number of benzene rings is 1. The molecule has 1 aromatic heterocycles. The van der Waals surface area contributed by atoms with Gasteiger partial charge in [0.25, 0.3) is 0 Å². The first-order chi connectivity index (χ1) is 8.66. The molecule has 3 rings (SSSR count). The van der Waals surface area contributed by atoms with Crippen LogP contribution >= 0.6 is 11.6 Å². The maximum absolute atomic E-state index is 6.27. The SMILES string of the molecule is C[C@@H]1CCc2c(nc(-c3ccccc3Cl)n2C)C1. The Morgan fingerprint density at radius 1 is 1.33 bits per heavy atom. The minimum atomic E-state index is 0.742. The van der Waals surface area contributed by atoms with E-state index in [2.05, 4.69) is 18.5 Å². The fourth-order valence-electron chi connectivity index (χ4n) is 2.76. The van der Waals surface area contributed by atoms with E-state index in [1.54, 1.807) is 0 Å². The fraction of sp³-hybridized carbons (Fsp3) is 0.400. The van der Waals surface area contributed by atoms with Gasteiger partial charge in [0.2, 0.25) is 0 Å². The van der Waals surface area contributed by atoms with E-state index in [0.29, 0.717) is 0 Å². The molecule has 0 aliphatic heterocycles. The molecule has 0 fully saturated rings. The van der Waals surface area contributed by atoms with Gasteiger partial charge in [-0.25, -0.2) is 4.98 Å². The van der Waals surface area contributed by atoms with Gasteiger partial charge in [0.1, 0.15) is 5.82 Å². The van der Waals surface area contributed by atoms with E-state index >= 15 is 0 Å². The molecule has 1 heterocycles. The number of aromatic nitrogens is 2. The number of hydrogen-bond donors (Lipinski definition) is 0. The molecule has 94 valence electrons. The van der Waals surface area contributed by atoms with E-state index in [1.807, 2.05) is 24.3 Å². The Labute approximate surface area is 113 Å². The molecule has 0 spiro atoms. The summed E-state index contributed by atoms with van der Waals surface area (Å²) in [6.07, 6.45) is 3.48. The van der Waals surface area contributed by atoms with Crippen molar-refractivity contribution < 1.29 is 0 Å². The molecule has 0 saturated carbocycles. The molecule has 0 unspecified atom stereocenters. The van der Waals surface area contributed by atoms with Crippen LogP contribution < -0.4 is 0 Å². The molecule has 18 heavy (non-hydrogen) atoms. The van der Waals surface area contributed by atoms with Crippen LogP contribution in [0.2, 0.25) is 5.02 Å². The lowest BCUT2D eigenvalue weighted by atomic mass is 9.91. The predicted octanol–water partition coefficient (Wildman–Crippen LogP) is 3.87. The molecule has 2 aromatic rings. The van der Waals surface area contributed by atoms with Gasteiger partial charge in [0.15, 0.2) is 0 Å². The van der Waals surface area contributed by atoms with Crippen molar-refractivity contribution in [1.82, 2.24) is 9.55 Å². The van der Waals surface area contributed by atoms with Crippen LogP contribution in [0.4, 0.5) is 0 Å². The van der Waals surface area contributed by atoms with Gasteiger partial charge in [-0.3, -0.25) is 0 Å². The van der Waals surface area contributed by atoms with Crippen LogP contribution in [-0.2, 0) is 19.9 Å². The second-order valence-electron chi connectivity index (χ2n) is 5.22. The monoisotopic (exact) mass is 260 g/mol. The lowest BCUT2D eigenvalue weighted by Crippen LogP contribution is -2.12. The van der Waals surface area contributed by atoms with E-state index < -0.39 is 0 Å². The van der Waals surface area contributed by atoms with E-state index in [1.165, 1.54) is 17.8 Å². The molecule has 1 aliphatic carbocycles. The van der Waals surface area contributed by atoms with Crippen LogP contribution in [0.5, 0.6) is 0 Å². The zero-order valence-electron chi connectivity index (χ0n) is 10.8. The van der Waals surface area contributed by atoms with Gasteiger partial charge in [-0.1, -0.05) is 30.7 Å². The van der Waals surface area contributed by atoms with Crippen LogP contribution in [0.3, 0.4) is 0 Å². The maximum atomic E-state index is 6.27. The zero-order valence-corrected chi connectivity index (χ0v) is 11.5. The van der Waals surface area contributed by atoms with Gasteiger partial charge in [-0.05, 0) is 37.3 Å². The summed E-state index contributed by atoms with van der Waals surface area (Å²) in [7, 11) is 2.10. The van der Waals surface area contributed by atoms with E-state index in [0.717, 1.165) is 35.2 Å². The molecule has 0 N–H and O–H groups in total. The van der Waals surface area contributed by atoms with Crippen molar-refractivity contribution in [2.24, 2.45) is 13.0 Å². The van der Waals surface area contributed by atoms with Crippen LogP contribution in [0, 0.1) is 5.92 Å². The molecular weight excluding hydrogens is 244 g/mol. The molecule has 3 heteroatoms. The van der Waals surface area contributed by atoms with Crippen molar-refractivity contribution in [3.05, 3.63) is 40.7 Å². The summed E-state index contributed by atoms with van der Waals surface area (Å²) >= 11 is 6.27. The molecule has 1 aliphatic rings. The molecule has 0 amide bonds. The second-order valence-corrected chi connectivity index (χ2v) is 5.62. The van der Waals surface area contributed by atoms with Crippen molar-refractivity contribution in [3.8, 4) is 11.4 Å². The first-order valence-electron chi connectivity index (χ1n) is 6.46. The van der Waals surface area contributed by atoms with E-state index in [4.69, 9.17) is 16.6 Å². The third-order valence-corrected chi connectivity index (χ3v) is 4.16. The normalized spacial score (nSPS) is 18.7. The van der Waals surface area contributed by atoms with Crippen LogP contribution in [0.1, 0.15) is 24.7 Å². The number of imidazole rings is 1. The smallest absolute Gasteiger partial charge is 0.141 e. The Bertz CT molecular complexity index is 586. The topological polar surface area (TPSA) is 17.8 Å². The first kappa shape index (κ1) is 11.8. The van der Waals surface area contributed by atoms with E-state index in [9.17, 15) is 0 Å². The van der Waals surface area contributed by atoms with Crippen molar-refractivity contribution in [2.45, 2.75) is 26.2 Å². The third kappa shape index (κ3) is 1.85. The summed E-state index contributed by atoms with van der Waals surface area (Å²) < 4.78 is 2.21. The Morgan fingerprint density at radius 3 is 2.89 bits per heavy atom. The standard InChI is InChI=1S/C15H17ClN2/c1-10-7-8-14-13(9-10)17-15(18(14)2)11-5-3-4-6-12(11)16/h3-6,10H,7-9H2,1-2H3/t10-/m1/s1. The molecule has 0 radical (unpaired) electrons. The third-order valence-electron chi connectivity index (χ3n) is 3.83. The van der Waals surface area contributed by atoms with Crippen molar-refractivity contribution in [2.75, 3.05) is 0 Å². The summed E-state index contributed by atoms with van der Waals surface area (Å²) in [6.45, 7) is 2.30. The Balaban J connectivity index is 2.12. The van der Waals surface area contributed by atoms with Gasteiger partial charge in [-0.15, -0.1) is 0 Å². The van der Waals surface area contributed by atoms with Crippen molar-refractivity contribution in [1.29, 1.82) is 0 Å². The van der Waals surface area contributed by atoms with Crippen molar-refractivity contribution >= 4 is 11.6 Å². The van der Waals surface area contributed by atoms with Gasteiger partial charge >= 0.3 is 0 Å². The zero-order chi connectivity index (χ0) is 12.7. The molecule has 1 aromatic carbocycles. The number of rotatable bonds is 1.